The lowest BCUT2D eigenvalue weighted by Gasteiger charge is -2.34. The quantitative estimate of drug-likeness (QED) is 0.540. The van der Waals surface area contributed by atoms with Crippen molar-refractivity contribution in [3.8, 4) is 11.5 Å². The van der Waals surface area contributed by atoms with Crippen molar-refractivity contribution in [2.45, 2.75) is 44.0 Å². The van der Waals surface area contributed by atoms with Crippen molar-refractivity contribution in [3.05, 3.63) is 76.9 Å². The molecule has 0 saturated carbocycles. The number of rotatable bonds is 1. The first-order valence-electron chi connectivity index (χ1n) is 9.53. The Hall–Kier alpha value is -2.57. The van der Waals surface area contributed by atoms with E-state index in [1.165, 1.54) is 0 Å². The van der Waals surface area contributed by atoms with Crippen LogP contribution >= 0.6 is 0 Å². The van der Waals surface area contributed by atoms with Gasteiger partial charge in [0.25, 0.3) is 0 Å². The van der Waals surface area contributed by atoms with Crippen LogP contribution in [0.2, 0.25) is 6.55 Å². The Kier molecular flexibility index (Phi) is 4.59. The standard InChI is InChI=1S/C23H24O4SSi/c1-15-11-17(3)22-20(13-15)28(24,25)21-14-16(2)12-18(4)23(21)27-29(5,26-22)19-9-7-6-8-10-19/h6-14H,1-5H3. The number of sulfone groups is 1. The van der Waals surface area contributed by atoms with Crippen LogP contribution in [0.15, 0.2) is 64.4 Å². The molecule has 0 N–H and O–H groups in total. The van der Waals surface area contributed by atoms with Crippen molar-refractivity contribution in [3.63, 3.8) is 0 Å². The Morgan fingerprint density at radius 1 is 0.724 bits per heavy atom. The molecule has 0 bridgehead atoms. The van der Waals surface area contributed by atoms with Crippen molar-refractivity contribution in [2.75, 3.05) is 0 Å². The third kappa shape index (κ3) is 3.26. The average molecular weight is 425 g/mol. The Morgan fingerprint density at radius 2 is 1.17 bits per heavy atom. The highest BCUT2D eigenvalue weighted by Gasteiger charge is 2.45. The zero-order valence-corrected chi connectivity index (χ0v) is 19.1. The monoisotopic (exact) mass is 424 g/mol. The summed E-state index contributed by atoms with van der Waals surface area (Å²) in [7, 11) is -6.83. The molecule has 0 aromatic heterocycles. The van der Waals surface area contributed by atoms with Gasteiger partial charge >= 0.3 is 8.56 Å². The van der Waals surface area contributed by atoms with E-state index in [1.54, 1.807) is 12.1 Å². The third-order valence-corrected chi connectivity index (χ3v) is 9.57. The predicted octanol–water partition coefficient (Wildman–Crippen LogP) is 4.50. The number of hydrogen-bond acceptors (Lipinski definition) is 4. The van der Waals surface area contributed by atoms with Gasteiger partial charge in [0, 0.05) is 11.7 Å². The molecule has 0 spiro atoms. The number of fused-ring (bicyclic) bond motifs is 2. The molecule has 0 fully saturated rings. The summed E-state index contributed by atoms with van der Waals surface area (Å²) < 4.78 is 40.4. The average Bonchev–Trinajstić information content (AvgIpc) is 2.65. The van der Waals surface area contributed by atoms with Gasteiger partial charge in [-0.2, -0.15) is 0 Å². The normalized spacial score (nSPS) is 16.4. The van der Waals surface area contributed by atoms with Crippen molar-refractivity contribution >= 4 is 23.6 Å². The van der Waals surface area contributed by atoms with Gasteiger partial charge in [-0.15, -0.1) is 0 Å². The van der Waals surface area contributed by atoms with Crippen LogP contribution in [0.1, 0.15) is 22.3 Å². The van der Waals surface area contributed by atoms with Crippen molar-refractivity contribution in [2.24, 2.45) is 0 Å². The van der Waals surface area contributed by atoms with Gasteiger partial charge in [-0.3, -0.25) is 0 Å². The van der Waals surface area contributed by atoms with Gasteiger partial charge in [-0.1, -0.05) is 42.5 Å². The molecule has 4 rings (SSSR count). The number of aryl methyl sites for hydroxylation is 4. The van der Waals surface area contributed by atoms with E-state index in [4.69, 9.17) is 8.85 Å². The Labute approximate surface area is 173 Å². The molecular formula is C23H24O4SSi. The van der Waals surface area contributed by atoms with E-state index in [9.17, 15) is 8.42 Å². The van der Waals surface area contributed by atoms with Gasteiger partial charge in [-0.05, 0) is 62.1 Å². The molecule has 29 heavy (non-hydrogen) atoms. The maximum Gasteiger partial charge on any atom is 0.492 e. The lowest BCUT2D eigenvalue weighted by molar-refractivity contribution is 0.388. The van der Waals surface area contributed by atoms with Crippen molar-refractivity contribution in [1.29, 1.82) is 0 Å². The summed E-state index contributed by atoms with van der Waals surface area (Å²) in [4.78, 5) is 0.415. The Balaban J connectivity index is 2.11. The second kappa shape index (κ2) is 6.74. The van der Waals surface area contributed by atoms with Crippen LogP contribution < -0.4 is 14.0 Å². The van der Waals surface area contributed by atoms with Gasteiger partial charge in [-0.25, -0.2) is 8.42 Å². The first-order valence-corrected chi connectivity index (χ1v) is 13.3. The summed E-state index contributed by atoms with van der Waals surface area (Å²) in [6, 6.07) is 17.1. The smallest absolute Gasteiger partial charge is 0.492 e. The maximum absolute atomic E-state index is 13.7. The highest BCUT2D eigenvalue weighted by atomic mass is 32.2. The van der Waals surface area contributed by atoms with Crippen molar-refractivity contribution in [1.82, 2.24) is 0 Å². The molecule has 6 heteroatoms. The van der Waals surface area contributed by atoms with Crippen LogP contribution in [0.4, 0.5) is 0 Å². The second-order valence-electron chi connectivity index (χ2n) is 7.84. The lowest BCUT2D eigenvalue weighted by Crippen LogP contribution is -2.57. The second-order valence-corrected chi connectivity index (χ2v) is 12.6. The third-order valence-electron chi connectivity index (χ3n) is 5.24. The van der Waals surface area contributed by atoms with E-state index in [2.05, 4.69) is 0 Å². The fourth-order valence-electron chi connectivity index (χ4n) is 3.88. The van der Waals surface area contributed by atoms with Gasteiger partial charge in [0.05, 0.1) is 0 Å². The van der Waals surface area contributed by atoms with Crippen LogP contribution in [0.5, 0.6) is 11.5 Å². The van der Waals surface area contributed by atoms with E-state index in [0.717, 1.165) is 27.4 Å². The topological polar surface area (TPSA) is 52.6 Å². The summed E-state index contributed by atoms with van der Waals surface area (Å²) in [5, 5.41) is 0.941. The van der Waals surface area contributed by atoms with Crippen molar-refractivity contribution < 1.29 is 17.3 Å². The van der Waals surface area contributed by atoms with E-state index in [1.807, 2.05) is 76.7 Å². The minimum atomic E-state index is -3.81. The van der Waals surface area contributed by atoms with Crippen LogP contribution in [-0.2, 0) is 9.84 Å². The van der Waals surface area contributed by atoms with E-state index in [-0.39, 0.29) is 9.79 Å². The fraction of sp³-hybridized carbons (Fsp3) is 0.217. The van der Waals surface area contributed by atoms with Gasteiger partial charge in [0.1, 0.15) is 21.3 Å². The Bertz CT molecular complexity index is 1150. The number of benzene rings is 3. The first-order chi connectivity index (χ1) is 13.6. The maximum atomic E-state index is 13.7. The van der Waals surface area contributed by atoms with Crippen LogP contribution in [0, 0.1) is 27.7 Å². The molecule has 3 aromatic rings. The Morgan fingerprint density at radius 3 is 1.62 bits per heavy atom. The molecule has 4 nitrogen and oxygen atoms in total. The fourth-order valence-corrected chi connectivity index (χ4v) is 8.24. The minimum Gasteiger partial charge on any atom is -0.507 e. The molecule has 150 valence electrons. The first kappa shape index (κ1) is 19.7. The summed E-state index contributed by atoms with van der Waals surface area (Å²) >= 11 is 0. The van der Waals surface area contributed by atoms with E-state index in [0.29, 0.717) is 11.5 Å². The zero-order chi connectivity index (χ0) is 21.0. The molecule has 1 heterocycles. The van der Waals surface area contributed by atoms with E-state index < -0.39 is 18.4 Å². The van der Waals surface area contributed by atoms with Crippen LogP contribution in [0.25, 0.3) is 0 Å². The molecule has 1 aliphatic heterocycles. The molecular weight excluding hydrogens is 400 g/mol. The molecule has 0 amide bonds. The lowest BCUT2D eigenvalue weighted by atomic mass is 10.1. The molecule has 3 aromatic carbocycles. The largest absolute Gasteiger partial charge is 0.507 e. The van der Waals surface area contributed by atoms with Crippen LogP contribution in [0.3, 0.4) is 0 Å². The molecule has 0 radical (unpaired) electrons. The molecule has 0 atom stereocenters. The summed E-state index contributed by atoms with van der Waals surface area (Å²) in [6.07, 6.45) is 0. The highest BCUT2D eigenvalue weighted by Crippen LogP contribution is 2.42. The molecule has 1 aliphatic rings. The zero-order valence-electron chi connectivity index (χ0n) is 17.2. The summed E-state index contributed by atoms with van der Waals surface area (Å²) in [6.45, 7) is 9.52. The van der Waals surface area contributed by atoms with Gasteiger partial charge in [0.15, 0.2) is 0 Å². The minimum absolute atomic E-state index is 0.208. The molecule has 0 unspecified atom stereocenters. The van der Waals surface area contributed by atoms with Gasteiger partial charge < -0.3 is 8.85 Å². The molecule has 0 aliphatic carbocycles. The van der Waals surface area contributed by atoms with Gasteiger partial charge in [0.2, 0.25) is 9.84 Å². The summed E-state index contributed by atoms with van der Waals surface area (Å²) in [5.74, 6) is 0.775. The molecule has 0 saturated heterocycles. The number of hydrogen-bond donors (Lipinski definition) is 0. The predicted molar refractivity (Wildman–Crippen MR) is 116 cm³/mol. The van der Waals surface area contributed by atoms with Crippen LogP contribution in [-0.4, -0.2) is 17.0 Å². The SMILES string of the molecule is Cc1cc(C)c2c(c1)S(=O)(=O)c1cc(C)cc(C)c1O[Si](C)(c1ccccc1)O2. The summed E-state index contributed by atoms with van der Waals surface area (Å²) in [5.41, 5.74) is 3.33. The van der Waals surface area contributed by atoms with E-state index >= 15 is 0 Å². The highest BCUT2D eigenvalue weighted by molar-refractivity contribution is 7.91.